The summed E-state index contributed by atoms with van der Waals surface area (Å²) >= 11 is 0. The van der Waals surface area contributed by atoms with Gasteiger partial charge in [0.1, 0.15) is 0 Å². The Morgan fingerprint density at radius 3 is 2.79 bits per heavy atom. The van der Waals surface area contributed by atoms with Crippen molar-refractivity contribution in [3.63, 3.8) is 0 Å². The number of benzene rings is 1. The number of carbonyl (C=O) groups is 1. The first kappa shape index (κ1) is 12.8. The van der Waals surface area contributed by atoms with E-state index in [0.29, 0.717) is 11.4 Å². The predicted octanol–water partition coefficient (Wildman–Crippen LogP) is 2.82. The first-order valence-corrected chi connectivity index (χ1v) is 5.78. The smallest absolute Gasteiger partial charge is 0.356 e. The van der Waals surface area contributed by atoms with E-state index in [1.54, 1.807) is 0 Å². The molecule has 0 aliphatic heterocycles. The molecule has 3 nitrogen and oxygen atoms in total. The van der Waals surface area contributed by atoms with E-state index in [9.17, 15) is 4.79 Å². The average Bonchev–Trinajstić information content (AvgIpc) is 2.47. The van der Waals surface area contributed by atoms with Gasteiger partial charge in [-0.3, -0.25) is 0 Å². The van der Waals surface area contributed by atoms with Crippen molar-refractivity contribution in [3.05, 3.63) is 53.2 Å². The number of aromatic nitrogens is 1. The molecule has 0 N–H and O–H groups in total. The molecule has 0 saturated carbocycles. The minimum absolute atomic E-state index is 0.325. The second-order valence-corrected chi connectivity index (χ2v) is 4.08. The quantitative estimate of drug-likeness (QED) is 0.608. The molecule has 2 aromatic rings. The highest BCUT2D eigenvalue weighted by Gasteiger charge is 2.12. The number of methoxy groups -OCH3 is 1. The molecule has 0 spiro atoms. The number of esters is 1. The molecular formula is C16H13NO2. The largest absolute Gasteiger partial charge is 0.464 e. The maximum atomic E-state index is 11.6. The van der Waals surface area contributed by atoms with Gasteiger partial charge in [-0.25, -0.2) is 9.78 Å². The summed E-state index contributed by atoms with van der Waals surface area (Å²) in [4.78, 5) is 16.0. The molecule has 0 amide bonds. The first-order valence-electron chi connectivity index (χ1n) is 5.78. The molecule has 1 heterocycles. The summed E-state index contributed by atoms with van der Waals surface area (Å²) in [6, 6.07) is 11.2. The van der Waals surface area contributed by atoms with Gasteiger partial charge >= 0.3 is 5.97 Å². The Bertz CT molecular complexity index is 669. The fraction of sp³-hybridized carbons (Fsp3) is 0.125. The van der Waals surface area contributed by atoms with Gasteiger partial charge in [0.2, 0.25) is 0 Å². The third kappa shape index (κ3) is 2.63. The normalized spacial score (nSPS) is 9.74. The lowest BCUT2D eigenvalue weighted by molar-refractivity contribution is 0.0593. The van der Waals surface area contributed by atoms with E-state index in [2.05, 4.69) is 10.9 Å². The van der Waals surface area contributed by atoms with Crippen LogP contribution in [0.3, 0.4) is 0 Å². The van der Waals surface area contributed by atoms with Gasteiger partial charge in [0, 0.05) is 11.1 Å². The highest BCUT2D eigenvalue weighted by atomic mass is 16.5. The Balaban J connectivity index is 2.51. The highest BCUT2D eigenvalue weighted by molar-refractivity contribution is 5.89. The molecule has 0 radical (unpaired) electrons. The Labute approximate surface area is 112 Å². The Hall–Kier alpha value is -2.60. The topological polar surface area (TPSA) is 39.2 Å². The van der Waals surface area contributed by atoms with Crippen molar-refractivity contribution in [1.82, 2.24) is 4.98 Å². The highest BCUT2D eigenvalue weighted by Crippen LogP contribution is 2.20. The number of hydrogen-bond acceptors (Lipinski definition) is 3. The minimum atomic E-state index is -0.438. The second kappa shape index (κ2) is 5.36. The lowest BCUT2D eigenvalue weighted by atomic mass is 10.1. The number of pyridine rings is 1. The van der Waals surface area contributed by atoms with E-state index in [1.165, 1.54) is 7.11 Å². The Kier molecular flexibility index (Phi) is 3.63. The maximum absolute atomic E-state index is 11.6. The molecule has 0 unspecified atom stereocenters. The molecule has 0 bridgehead atoms. The molecule has 0 aliphatic carbocycles. The zero-order chi connectivity index (χ0) is 13.8. The van der Waals surface area contributed by atoms with E-state index < -0.39 is 5.97 Å². The van der Waals surface area contributed by atoms with E-state index in [0.717, 1.165) is 16.7 Å². The second-order valence-electron chi connectivity index (χ2n) is 4.08. The van der Waals surface area contributed by atoms with Gasteiger partial charge in [-0.2, -0.15) is 0 Å². The van der Waals surface area contributed by atoms with E-state index >= 15 is 0 Å². The molecule has 94 valence electrons. The number of nitrogens with zero attached hydrogens (tertiary/aromatic N) is 1. The molecule has 1 aromatic carbocycles. The van der Waals surface area contributed by atoms with Crippen molar-refractivity contribution in [3.8, 4) is 23.6 Å². The third-order valence-corrected chi connectivity index (χ3v) is 2.80. The summed E-state index contributed by atoms with van der Waals surface area (Å²) in [6.45, 7) is 1.82. The SMILES string of the molecule is C#Cc1cccc(-c2ccc(C)c(C(=O)OC)n2)c1. The fourth-order valence-electron chi connectivity index (χ4n) is 1.76. The van der Waals surface area contributed by atoms with Crippen LogP contribution in [0.4, 0.5) is 0 Å². The summed E-state index contributed by atoms with van der Waals surface area (Å²) in [5.41, 5.74) is 3.46. The molecule has 19 heavy (non-hydrogen) atoms. The maximum Gasteiger partial charge on any atom is 0.356 e. The molecular weight excluding hydrogens is 238 g/mol. The predicted molar refractivity (Wildman–Crippen MR) is 73.7 cm³/mol. The average molecular weight is 251 g/mol. The van der Waals surface area contributed by atoms with E-state index in [-0.39, 0.29) is 0 Å². The monoisotopic (exact) mass is 251 g/mol. The standard InChI is InChI=1S/C16H13NO2/c1-4-12-6-5-7-13(10-12)14-9-8-11(2)15(17-14)16(18)19-3/h1,5-10H,2-3H3. The molecule has 0 atom stereocenters. The number of terminal acetylenes is 1. The molecule has 0 aliphatic rings. The van der Waals surface area contributed by atoms with E-state index in [4.69, 9.17) is 11.2 Å². The van der Waals surface area contributed by atoms with E-state index in [1.807, 2.05) is 43.3 Å². The van der Waals surface area contributed by atoms with Crippen LogP contribution in [-0.2, 0) is 4.74 Å². The number of ether oxygens (including phenoxy) is 1. The van der Waals surface area contributed by atoms with Crippen LogP contribution in [0.2, 0.25) is 0 Å². The molecule has 3 heteroatoms. The Morgan fingerprint density at radius 2 is 2.11 bits per heavy atom. The zero-order valence-electron chi connectivity index (χ0n) is 10.8. The minimum Gasteiger partial charge on any atom is -0.464 e. The molecule has 1 aromatic heterocycles. The first-order chi connectivity index (χ1) is 9.15. The summed E-state index contributed by atoms with van der Waals surface area (Å²) in [7, 11) is 1.34. The van der Waals surface area contributed by atoms with Crippen molar-refractivity contribution < 1.29 is 9.53 Å². The van der Waals surface area contributed by atoms with Gasteiger partial charge < -0.3 is 4.74 Å². The lowest BCUT2D eigenvalue weighted by Gasteiger charge is -2.07. The van der Waals surface area contributed by atoms with Crippen LogP contribution >= 0.6 is 0 Å². The van der Waals surface area contributed by atoms with Gasteiger partial charge in [0.05, 0.1) is 12.8 Å². The number of carbonyl (C=O) groups excluding carboxylic acids is 1. The van der Waals surface area contributed by atoms with Crippen LogP contribution in [0, 0.1) is 19.3 Å². The van der Waals surface area contributed by atoms with Crippen molar-refractivity contribution in [2.75, 3.05) is 7.11 Å². The van der Waals surface area contributed by atoms with Crippen LogP contribution in [-0.4, -0.2) is 18.1 Å². The fourth-order valence-corrected chi connectivity index (χ4v) is 1.76. The van der Waals surface area contributed by atoms with Crippen LogP contribution in [0.1, 0.15) is 21.6 Å². The van der Waals surface area contributed by atoms with Gasteiger partial charge in [-0.15, -0.1) is 6.42 Å². The van der Waals surface area contributed by atoms with Gasteiger partial charge in [-0.05, 0) is 30.7 Å². The zero-order valence-corrected chi connectivity index (χ0v) is 10.8. The van der Waals surface area contributed by atoms with Crippen molar-refractivity contribution in [2.45, 2.75) is 6.92 Å². The van der Waals surface area contributed by atoms with Gasteiger partial charge in [0.25, 0.3) is 0 Å². The third-order valence-electron chi connectivity index (χ3n) is 2.80. The lowest BCUT2D eigenvalue weighted by Crippen LogP contribution is -2.07. The summed E-state index contributed by atoms with van der Waals surface area (Å²) in [5.74, 6) is 2.14. The van der Waals surface area contributed by atoms with Crippen LogP contribution in [0.15, 0.2) is 36.4 Å². The number of rotatable bonds is 2. The van der Waals surface area contributed by atoms with Crippen LogP contribution in [0.25, 0.3) is 11.3 Å². The van der Waals surface area contributed by atoms with Gasteiger partial charge in [-0.1, -0.05) is 24.1 Å². The molecule has 0 saturated heterocycles. The van der Waals surface area contributed by atoms with Crippen LogP contribution in [0.5, 0.6) is 0 Å². The van der Waals surface area contributed by atoms with Crippen LogP contribution < -0.4 is 0 Å². The summed E-state index contributed by atoms with van der Waals surface area (Å²) in [6.07, 6.45) is 5.38. The summed E-state index contributed by atoms with van der Waals surface area (Å²) < 4.78 is 4.72. The van der Waals surface area contributed by atoms with Crippen molar-refractivity contribution in [1.29, 1.82) is 0 Å². The summed E-state index contributed by atoms with van der Waals surface area (Å²) in [5, 5.41) is 0. The molecule has 0 fully saturated rings. The number of aryl methyl sites for hydroxylation is 1. The number of hydrogen-bond donors (Lipinski definition) is 0. The van der Waals surface area contributed by atoms with Gasteiger partial charge in [0.15, 0.2) is 5.69 Å². The molecule has 2 rings (SSSR count). The van der Waals surface area contributed by atoms with Crippen molar-refractivity contribution >= 4 is 5.97 Å². The Morgan fingerprint density at radius 1 is 1.32 bits per heavy atom. The van der Waals surface area contributed by atoms with Crippen molar-refractivity contribution in [2.24, 2.45) is 0 Å².